The Morgan fingerprint density at radius 3 is 2.23 bits per heavy atom. The van der Waals surface area contributed by atoms with E-state index in [4.69, 9.17) is 0 Å². The van der Waals surface area contributed by atoms with Gasteiger partial charge in [-0.25, -0.2) is 4.79 Å². The van der Waals surface area contributed by atoms with Gasteiger partial charge in [-0.3, -0.25) is 4.79 Å². The van der Waals surface area contributed by atoms with Gasteiger partial charge in [-0.1, -0.05) is 49.6 Å². The van der Waals surface area contributed by atoms with Crippen molar-refractivity contribution in [2.75, 3.05) is 26.2 Å². The van der Waals surface area contributed by atoms with Crippen molar-refractivity contribution in [2.45, 2.75) is 45.1 Å². The fraction of sp³-hybridized carbons (Fsp3) is 0.524. The molecule has 26 heavy (non-hydrogen) atoms. The van der Waals surface area contributed by atoms with Gasteiger partial charge in [0.05, 0.1) is 0 Å². The van der Waals surface area contributed by atoms with Crippen LogP contribution in [-0.4, -0.2) is 54.0 Å². The van der Waals surface area contributed by atoms with Crippen molar-refractivity contribution in [2.24, 2.45) is 0 Å². The van der Waals surface area contributed by atoms with Crippen molar-refractivity contribution in [3.05, 3.63) is 42.0 Å². The van der Waals surface area contributed by atoms with Crippen LogP contribution in [0.4, 0.5) is 4.79 Å². The zero-order valence-electron chi connectivity index (χ0n) is 15.6. The number of rotatable bonds is 3. The predicted octanol–water partition coefficient (Wildman–Crippen LogP) is 3.28. The molecule has 1 aliphatic heterocycles. The molecular weight excluding hydrogens is 326 g/mol. The van der Waals surface area contributed by atoms with Crippen molar-refractivity contribution in [3.63, 3.8) is 0 Å². The standard InChI is InChI=1S/C21H29N3O2/c1-17(18-8-4-2-5-9-18)16-20(25)23-12-14-24(15-13-23)21(26)22-19-10-6-3-7-11-19/h2,4-5,8-9,16,19H,3,6-7,10-15H2,1H3,(H,22,26)/b17-16-. The second-order valence-electron chi connectivity index (χ2n) is 7.29. The zero-order valence-corrected chi connectivity index (χ0v) is 15.6. The fourth-order valence-corrected chi connectivity index (χ4v) is 3.70. The van der Waals surface area contributed by atoms with E-state index in [1.54, 1.807) is 6.08 Å². The molecule has 3 amide bonds. The Morgan fingerprint density at radius 2 is 1.58 bits per heavy atom. The summed E-state index contributed by atoms with van der Waals surface area (Å²) >= 11 is 0. The second kappa shape index (κ2) is 8.88. The lowest BCUT2D eigenvalue weighted by molar-refractivity contribution is -0.127. The maximum Gasteiger partial charge on any atom is 0.317 e. The first-order valence-corrected chi connectivity index (χ1v) is 9.71. The van der Waals surface area contributed by atoms with Crippen LogP contribution in [0.15, 0.2) is 36.4 Å². The summed E-state index contributed by atoms with van der Waals surface area (Å²) in [6.07, 6.45) is 7.58. The van der Waals surface area contributed by atoms with Crippen LogP contribution < -0.4 is 5.32 Å². The van der Waals surface area contributed by atoms with Crippen LogP contribution in [0.2, 0.25) is 0 Å². The minimum absolute atomic E-state index is 0.0266. The molecule has 1 aromatic rings. The summed E-state index contributed by atoms with van der Waals surface area (Å²) in [6, 6.07) is 10.3. The third kappa shape index (κ3) is 4.87. The molecule has 3 rings (SSSR count). The number of allylic oxidation sites excluding steroid dienone is 1. The molecular formula is C21H29N3O2. The Hall–Kier alpha value is -2.30. The molecule has 0 aromatic heterocycles. The first-order valence-electron chi connectivity index (χ1n) is 9.71. The molecule has 0 radical (unpaired) electrons. The van der Waals surface area contributed by atoms with E-state index in [1.807, 2.05) is 47.1 Å². The van der Waals surface area contributed by atoms with Crippen LogP contribution in [0, 0.1) is 0 Å². The summed E-state index contributed by atoms with van der Waals surface area (Å²) in [5.41, 5.74) is 2.03. The van der Waals surface area contributed by atoms with Crippen molar-refractivity contribution in [1.29, 1.82) is 0 Å². The van der Waals surface area contributed by atoms with Gasteiger partial charge >= 0.3 is 6.03 Å². The average molecular weight is 355 g/mol. The van der Waals surface area contributed by atoms with Crippen LogP contribution in [0.3, 0.4) is 0 Å². The van der Waals surface area contributed by atoms with Gasteiger partial charge in [0.1, 0.15) is 0 Å². The van der Waals surface area contributed by atoms with E-state index in [-0.39, 0.29) is 11.9 Å². The third-order valence-electron chi connectivity index (χ3n) is 5.38. The minimum atomic E-state index is 0.0266. The van der Waals surface area contributed by atoms with E-state index in [1.165, 1.54) is 19.3 Å². The summed E-state index contributed by atoms with van der Waals surface area (Å²) in [6.45, 7) is 4.34. The summed E-state index contributed by atoms with van der Waals surface area (Å²) in [7, 11) is 0. The smallest absolute Gasteiger partial charge is 0.317 e. The lowest BCUT2D eigenvalue weighted by Gasteiger charge is -2.35. The molecule has 1 saturated heterocycles. The minimum Gasteiger partial charge on any atom is -0.336 e. The van der Waals surface area contributed by atoms with Gasteiger partial charge in [-0.15, -0.1) is 0 Å². The number of carbonyl (C=O) groups excluding carboxylic acids is 2. The predicted molar refractivity (Wildman–Crippen MR) is 104 cm³/mol. The summed E-state index contributed by atoms with van der Waals surface area (Å²) in [5.74, 6) is 0.0266. The van der Waals surface area contributed by atoms with Gasteiger partial charge in [0.15, 0.2) is 0 Å². The van der Waals surface area contributed by atoms with Crippen LogP contribution in [0.25, 0.3) is 5.57 Å². The van der Waals surface area contributed by atoms with Gasteiger partial charge < -0.3 is 15.1 Å². The van der Waals surface area contributed by atoms with E-state index >= 15 is 0 Å². The molecule has 2 aliphatic rings. The lowest BCUT2D eigenvalue weighted by atomic mass is 9.96. The van der Waals surface area contributed by atoms with Crippen LogP contribution in [0.1, 0.15) is 44.6 Å². The van der Waals surface area contributed by atoms with Crippen molar-refractivity contribution < 1.29 is 9.59 Å². The van der Waals surface area contributed by atoms with Crippen molar-refractivity contribution >= 4 is 17.5 Å². The highest BCUT2D eigenvalue weighted by molar-refractivity contribution is 5.95. The molecule has 5 nitrogen and oxygen atoms in total. The van der Waals surface area contributed by atoms with Gasteiger partial charge in [0, 0.05) is 38.3 Å². The second-order valence-corrected chi connectivity index (χ2v) is 7.29. The monoisotopic (exact) mass is 355 g/mol. The molecule has 1 N–H and O–H groups in total. The Kier molecular flexibility index (Phi) is 6.31. The number of nitrogens with one attached hydrogen (secondary N) is 1. The molecule has 1 saturated carbocycles. The number of carbonyl (C=O) groups is 2. The van der Waals surface area contributed by atoms with Crippen LogP contribution >= 0.6 is 0 Å². The number of hydrogen-bond acceptors (Lipinski definition) is 2. The molecule has 1 aliphatic carbocycles. The molecule has 1 aromatic carbocycles. The molecule has 0 bridgehead atoms. The maximum atomic E-state index is 12.5. The molecule has 0 atom stereocenters. The van der Waals surface area contributed by atoms with Gasteiger partial charge in [-0.05, 0) is 30.9 Å². The first-order chi connectivity index (χ1) is 12.6. The topological polar surface area (TPSA) is 52.7 Å². The lowest BCUT2D eigenvalue weighted by Crippen LogP contribution is -2.54. The zero-order chi connectivity index (χ0) is 18.4. The van der Waals surface area contributed by atoms with Gasteiger partial charge in [0.2, 0.25) is 5.91 Å². The van der Waals surface area contributed by atoms with E-state index in [0.717, 1.165) is 24.0 Å². The van der Waals surface area contributed by atoms with Crippen LogP contribution in [0.5, 0.6) is 0 Å². The van der Waals surface area contributed by atoms with E-state index < -0.39 is 0 Å². The third-order valence-corrected chi connectivity index (χ3v) is 5.38. The van der Waals surface area contributed by atoms with E-state index in [0.29, 0.717) is 32.2 Å². The highest BCUT2D eigenvalue weighted by Gasteiger charge is 2.25. The summed E-state index contributed by atoms with van der Waals surface area (Å²) < 4.78 is 0. The molecule has 0 spiro atoms. The average Bonchev–Trinajstić information content (AvgIpc) is 2.69. The number of benzene rings is 1. The van der Waals surface area contributed by atoms with Crippen molar-refractivity contribution in [1.82, 2.24) is 15.1 Å². The molecule has 5 heteroatoms. The van der Waals surface area contributed by atoms with Gasteiger partial charge in [0.25, 0.3) is 0 Å². The highest BCUT2D eigenvalue weighted by atomic mass is 16.2. The van der Waals surface area contributed by atoms with Gasteiger partial charge in [-0.2, -0.15) is 0 Å². The highest BCUT2D eigenvalue weighted by Crippen LogP contribution is 2.18. The quantitative estimate of drug-likeness (QED) is 0.846. The number of nitrogens with zero attached hydrogens (tertiary/aromatic N) is 2. The number of amides is 3. The summed E-state index contributed by atoms with van der Waals surface area (Å²) in [4.78, 5) is 28.6. The normalized spacial score (nSPS) is 19.3. The Balaban J connectivity index is 1.48. The summed E-state index contributed by atoms with van der Waals surface area (Å²) in [5, 5.41) is 3.16. The fourth-order valence-electron chi connectivity index (χ4n) is 3.70. The van der Waals surface area contributed by atoms with Crippen molar-refractivity contribution in [3.8, 4) is 0 Å². The largest absolute Gasteiger partial charge is 0.336 e. The molecule has 2 fully saturated rings. The SMILES string of the molecule is C/C(=C/C(=O)N1CCN(C(=O)NC2CCCCC2)CC1)c1ccccc1. The number of hydrogen-bond donors (Lipinski definition) is 1. The molecule has 0 unspecified atom stereocenters. The molecule has 140 valence electrons. The Bertz CT molecular complexity index is 642. The maximum absolute atomic E-state index is 12.5. The Labute approximate surface area is 156 Å². The van der Waals surface area contributed by atoms with E-state index in [9.17, 15) is 9.59 Å². The molecule has 1 heterocycles. The Morgan fingerprint density at radius 1 is 0.962 bits per heavy atom. The number of piperazine rings is 1. The number of urea groups is 1. The van der Waals surface area contributed by atoms with Crippen LogP contribution in [-0.2, 0) is 4.79 Å². The first kappa shape index (κ1) is 18.5. The van der Waals surface area contributed by atoms with E-state index in [2.05, 4.69) is 5.32 Å².